The van der Waals surface area contributed by atoms with Crippen molar-refractivity contribution in [2.24, 2.45) is 5.92 Å². The van der Waals surface area contributed by atoms with Gasteiger partial charge in [0.25, 0.3) is 15.9 Å². The second-order valence-electron chi connectivity index (χ2n) is 9.84. The number of aryl methyl sites for hydroxylation is 3. The number of sulfonamides is 1. The zero-order valence-electron chi connectivity index (χ0n) is 21.7. The minimum atomic E-state index is -4.37. The molecule has 214 valence electrons. The van der Waals surface area contributed by atoms with Crippen LogP contribution < -0.4 is 15.2 Å². The molecule has 3 aromatic rings. The standard InChI is InChI=1S/C27H29F3N4O4S.3H2/c1-15-13-16(2)24(17(3)14-15)38-26-20(25(35)34-39(36,37)23-6-4-5-22(31)33-23)11-12-21(32-26)18-7-9-19(10-8-18)27(28,29)30;;;/h4-6,11-14,18-19H,7-10H2,1-3H3,(H2,31,33)(H,34,35);3*1H. The predicted octanol–water partition coefficient (Wildman–Crippen LogP) is 6.47. The molecule has 2 heterocycles. The molecule has 0 aliphatic heterocycles. The second-order valence-corrected chi connectivity index (χ2v) is 11.5. The van der Waals surface area contributed by atoms with Crippen LogP contribution in [0, 0.1) is 26.7 Å². The zero-order chi connectivity index (χ0) is 28.5. The molecular weight excluding hydrogens is 533 g/mol. The summed E-state index contributed by atoms with van der Waals surface area (Å²) in [6.07, 6.45) is -3.72. The van der Waals surface area contributed by atoms with E-state index in [1.165, 1.54) is 30.3 Å². The first-order valence-corrected chi connectivity index (χ1v) is 13.9. The molecule has 0 spiro atoms. The maximum Gasteiger partial charge on any atom is 0.391 e. The fraction of sp³-hybridized carbons (Fsp3) is 0.370. The zero-order valence-corrected chi connectivity index (χ0v) is 22.5. The highest BCUT2D eigenvalue weighted by Crippen LogP contribution is 2.43. The van der Waals surface area contributed by atoms with Crippen LogP contribution in [-0.4, -0.2) is 30.5 Å². The number of alkyl halides is 3. The number of benzene rings is 1. The molecule has 4 rings (SSSR count). The van der Waals surface area contributed by atoms with Crippen molar-refractivity contribution in [3.8, 4) is 11.6 Å². The molecule has 8 nitrogen and oxygen atoms in total. The second kappa shape index (κ2) is 10.8. The van der Waals surface area contributed by atoms with Crippen molar-refractivity contribution in [3.05, 3.63) is 70.4 Å². The van der Waals surface area contributed by atoms with Gasteiger partial charge in [-0.05, 0) is 81.8 Å². The first-order valence-electron chi connectivity index (χ1n) is 12.4. The van der Waals surface area contributed by atoms with E-state index in [4.69, 9.17) is 10.5 Å². The number of hydrogen-bond acceptors (Lipinski definition) is 7. The van der Waals surface area contributed by atoms with Crippen LogP contribution in [0.1, 0.15) is 68.6 Å². The van der Waals surface area contributed by atoms with E-state index in [-0.39, 0.29) is 53.1 Å². The van der Waals surface area contributed by atoms with Crippen LogP contribution >= 0.6 is 0 Å². The highest BCUT2D eigenvalue weighted by molar-refractivity contribution is 7.90. The molecule has 1 fully saturated rings. The van der Waals surface area contributed by atoms with Gasteiger partial charge in [-0.2, -0.15) is 21.6 Å². The van der Waals surface area contributed by atoms with Gasteiger partial charge >= 0.3 is 6.18 Å². The van der Waals surface area contributed by atoms with Crippen molar-refractivity contribution in [1.82, 2.24) is 14.7 Å². The highest BCUT2D eigenvalue weighted by Gasteiger charge is 2.42. The van der Waals surface area contributed by atoms with Crippen molar-refractivity contribution >= 4 is 21.7 Å². The Bertz CT molecular complexity index is 1490. The van der Waals surface area contributed by atoms with Gasteiger partial charge in [-0.15, -0.1) is 0 Å². The van der Waals surface area contributed by atoms with Gasteiger partial charge in [0.1, 0.15) is 17.1 Å². The summed E-state index contributed by atoms with van der Waals surface area (Å²) in [6.45, 7) is 5.58. The number of nitrogen functional groups attached to an aromatic ring is 1. The number of anilines is 1. The van der Waals surface area contributed by atoms with E-state index >= 15 is 0 Å². The molecule has 12 heteroatoms. The molecule has 1 amide bonds. The number of carbonyl (C=O) groups is 1. The van der Waals surface area contributed by atoms with Crippen LogP contribution in [0.3, 0.4) is 0 Å². The van der Waals surface area contributed by atoms with E-state index in [0.29, 0.717) is 11.4 Å². The van der Waals surface area contributed by atoms with Crippen molar-refractivity contribution in [3.63, 3.8) is 0 Å². The van der Waals surface area contributed by atoms with Gasteiger partial charge in [-0.1, -0.05) is 23.8 Å². The number of amides is 1. The first kappa shape index (κ1) is 28.3. The minimum Gasteiger partial charge on any atom is -0.438 e. The Morgan fingerprint density at radius 2 is 1.67 bits per heavy atom. The monoisotopic (exact) mass is 568 g/mol. The quantitative estimate of drug-likeness (QED) is 0.349. The maximum atomic E-state index is 13.2. The number of nitrogens with two attached hydrogens (primary N) is 1. The lowest BCUT2D eigenvalue weighted by molar-refractivity contribution is -0.182. The van der Waals surface area contributed by atoms with Crippen LogP contribution in [0.15, 0.2) is 47.5 Å². The summed E-state index contributed by atoms with van der Waals surface area (Å²) < 4.78 is 73.2. The molecule has 1 aliphatic carbocycles. The third kappa shape index (κ3) is 6.49. The van der Waals surface area contributed by atoms with Gasteiger partial charge in [0, 0.05) is 15.9 Å². The Balaban J connectivity index is 0.00000294. The summed E-state index contributed by atoms with van der Waals surface area (Å²) in [4.78, 5) is 21.5. The number of ether oxygens (including phenoxy) is 1. The molecule has 0 unspecified atom stereocenters. The van der Waals surface area contributed by atoms with Gasteiger partial charge in [-0.25, -0.2) is 14.7 Å². The van der Waals surface area contributed by atoms with Gasteiger partial charge in [0.05, 0.1) is 5.92 Å². The van der Waals surface area contributed by atoms with Gasteiger partial charge < -0.3 is 10.5 Å². The normalized spacial score (nSPS) is 18.0. The van der Waals surface area contributed by atoms with Crippen LogP contribution in [0.5, 0.6) is 11.6 Å². The molecule has 39 heavy (non-hydrogen) atoms. The molecule has 0 atom stereocenters. The van der Waals surface area contributed by atoms with Crippen molar-refractivity contribution in [2.75, 3.05) is 5.73 Å². The minimum absolute atomic E-state index is 0. The number of aromatic nitrogens is 2. The van der Waals surface area contributed by atoms with Crippen molar-refractivity contribution in [2.45, 2.75) is 63.6 Å². The van der Waals surface area contributed by atoms with E-state index in [1.54, 1.807) is 0 Å². The van der Waals surface area contributed by atoms with Crippen LogP contribution in [-0.2, 0) is 10.0 Å². The van der Waals surface area contributed by atoms with Gasteiger partial charge in [0.15, 0.2) is 5.03 Å². The topological polar surface area (TPSA) is 124 Å². The third-order valence-electron chi connectivity index (χ3n) is 6.79. The maximum absolute atomic E-state index is 13.2. The summed E-state index contributed by atoms with van der Waals surface area (Å²) in [5.74, 6) is -2.35. The number of halogens is 3. The average Bonchev–Trinajstić information content (AvgIpc) is 2.85. The molecule has 0 bridgehead atoms. The predicted molar refractivity (Wildman–Crippen MR) is 145 cm³/mol. The van der Waals surface area contributed by atoms with Crippen LogP contribution in [0.2, 0.25) is 0 Å². The SMILES string of the molecule is Cc1cc(C)c(Oc2nc(C3CCC(C(F)(F)F)CC3)ccc2C(=O)NS(=O)(=O)c2cccc(N)n2)c(C)c1.[HH].[HH].[HH]. The van der Waals surface area contributed by atoms with Gasteiger partial charge in [-0.3, -0.25) is 4.79 Å². The molecule has 0 radical (unpaired) electrons. The highest BCUT2D eigenvalue weighted by atomic mass is 32.2. The number of nitrogens with zero attached hydrogens (tertiary/aromatic N) is 2. The van der Waals surface area contributed by atoms with Crippen molar-refractivity contribution in [1.29, 1.82) is 0 Å². The number of hydrogen-bond donors (Lipinski definition) is 2. The molecule has 1 aromatic carbocycles. The lowest BCUT2D eigenvalue weighted by Crippen LogP contribution is -2.32. The number of nitrogens with one attached hydrogen (secondary N) is 1. The molecular formula is C27H35F3N4O4S. The summed E-state index contributed by atoms with van der Waals surface area (Å²) in [5, 5.41) is -0.436. The molecule has 1 saturated carbocycles. The Kier molecular flexibility index (Phi) is 7.87. The molecule has 0 saturated heterocycles. The Morgan fingerprint density at radius 1 is 1.03 bits per heavy atom. The van der Waals surface area contributed by atoms with Crippen LogP contribution in [0.4, 0.5) is 19.0 Å². The fourth-order valence-corrected chi connectivity index (χ4v) is 5.83. The smallest absolute Gasteiger partial charge is 0.391 e. The Labute approximate surface area is 229 Å². The molecule has 2 aromatic heterocycles. The average molecular weight is 569 g/mol. The summed E-state index contributed by atoms with van der Waals surface area (Å²) in [5.41, 5.74) is 8.45. The summed E-state index contributed by atoms with van der Waals surface area (Å²) >= 11 is 0. The lowest BCUT2D eigenvalue weighted by atomic mass is 9.80. The summed E-state index contributed by atoms with van der Waals surface area (Å²) in [7, 11) is -4.37. The van der Waals surface area contributed by atoms with E-state index in [1.807, 2.05) is 37.6 Å². The largest absolute Gasteiger partial charge is 0.438 e. The van der Waals surface area contributed by atoms with E-state index in [2.05, 4.69) is 9.97 Å². The number of rotatable bonds is 6. The molecule has 3 N–H and O–H groups in total. The summed E-state index contributed by atoms with van der Waals surface area (Å²) in [6, 6.07) is 10.7. The first-order chi connectivity index (χ1) is 18.2. The Morgan fingerprint density at radius 3 is 2.26 bits per heavy atom. The van der Waals surface area contributed by atoms with Crippen LogP contribution in [0.25, 0.3) is 0 Å². The van der Waals surface area contributed by atoms with Crippen molar-refractivity contribution < 1.29 is 35.4 Å². The lowest BCUT2D eigenvalue weighted by Gasteiger charge is -2.29. The Hall–Kier alpha value is -3.67. The van der Waals surface area contributed by atoms with E-state index < -0.39 is 33.1 Å². The third-order valence-corrected chi connectivity index (χ3v) is 8.02. The van der Waals surface area contributed by atoms with E-state index in [0.717, 1.165) is 16.7 Å². The number of carbonyl (C=O) groups excluding carboxylic acids is 1. The fourth-order valence-electron chi connectivity index (χ4n) is 4.88. The van der Waals surface area contributed by atoms with Gasteiger partial charge in [0.2, 0.25) is 5.88 Å². The van der Waals surface area contributed by atoms with E-state index in [9.17, 15) is 26.4 Å². The number of pyridine rings is 2. The molecule has 1 aliphatic rings.